The molecule has 0 amide bonds. The van der Waals surface area contributed by atoms with Crippen LogP contribution in [0.3, 0.4) is 0 Å². The minimum absolute atomic E-state index is 0.975. The highest BCUT2D eigenvalue weighted by Gasteiger charge is 2.18. The van der Waals surface area contributed by atoms with Gasteiger partial charge < -0.3 is 0 Å². The Bertz CT molecular complexity index is 3160. The van der Waals surface area contributed by atoms with Crippen molar-refractivity contribution in [1.29, 1.82) is 0 Å². The zero-order valence-electron chi connectivity index (χ0n) is 29.9. The second kappa shape index (κ2) is 12.9. The average Bonchev–Trinajstić information content (AvgIpc) is 3.65. The molecule has 9 aromatic carbocycles. The Morgan fingerprint density at radius 1 is 0.309 bits per heavy atom. The van der Waals surface area contributed by atoms with E-state index < -0.39 is 0 Å². The van der Waals surface area contributed by atoms with Crippen LogP contribution in [0.4, 0.5) is 0 Å². The summed E-state index contributed by atoms with van der Waals surface area (Å²) >= 11 is 1.89. The van der Waals surface area contributed by atoms with Gasteiger partial charge in [-0.25, -0.2) is 0 Å². The first kappa shape index (κ1) is 31.6. The molecule has 0 atom stereocenters. The van der Waals surface area contributed by atoms with E-state index in [4.69, 9.17) is 4.98 Å². The maximum Gasteiger partial charge on any atom is 0.0714 e. The standard InChI is InChI=1S/C53H33NS/c1-2-10-34(11-3-1)35-22-24-39(25-23-35)51-43-14-6-8-16-45(43)52(46-17-9-7-15-44(46)51)49-30-27-41(33-54-49)37-20-18-36(19-21-37)40-28-31-50-48(32-40)47-29-26-38-12-4-5-13-42(38)53(47)55-50/h1-33H. The number of pyridine rings is 1. The normalized spacial score (nSPS) is 11.6. The number of nitrogens with zero attached hydrogens (tertiary/aromatic N) is 1. The molecule has 0 aliphatic heterocycles. The number of rotatable bonds is 5. The second-order valence-corrected chi connectivity index (χ2v) is 15.3. The van der Waals surface area contributed by atoms with E-state index >= 15 is 0 Å². The quantitative estimate of drug-likeness (QED) is 0.162. The molecule has 0 radical (unpaired) electrons. The number of aromatic nitrogens is 1. The van der Waals surface area contributed by atoms with E-state index in [1.165, 1.54) is 91.4 Å². The minimum Gasteiger partial charge on any atom is -0.256 e. The van der Waals surface area contributed by atoms with Crippen LogP contribution in [0.25, 0.3) is 108 Å². The average molecular weight is 716 g/mol. The summed E-state index contributed by atoms with van der Waals surface area (Å²) in [5, 5.41) is 10.1. The fourth-order valence-corrected chi connectivity index (χ4v) is 9.65. The summed E-state index contributed by atoms with van der Waals surface area (Å²) in [5.41, 5.74) is 11.8. The Morgan fingerprint density at radius 3 is 1.47 bits per heavy atom. The third-order valence-corrected chi connectivity index (χ3v) is 12.4. The van der Waals surface area contributed by atoms with Gasteiger partial charge >= 0.3 is 0 Å². The van der Waals surface area contributed by atoms with Crippen LogP contribution in [0, 0.1) is 0 Å². The molecule has 0 unspecified atom stereocenters. The predicted octanol–water partition coefficient (Wildman–Crippen LogP) is 15.2. The first-order chi connectivity index (χ1) is 27.3. The molecule has 11 aromatic rings. The van der Waals surface area contributed by atoms with Crippen molar-refractivity contribution >= 4 is 63.8 Å². The van der Waals surface area contributed by atoms with E-state index in [0.717, 1.165) is 16.8 Å². The lowest BCUT2D eigenvalue weighted by atomic mass is 9.87. The van der Waals surface area contributed by atoms with E-state index in [9.17, 15) is 0 Å². The summed E-state index contributed by atoms with van der Waals surface area (Å²) in [6.45, 7) is 0. The van der Waals surface area contributed by atoms with Crippen LogP contribution in [0.1, 0.15) is 0 Å². The third kappa shape index (κ3) is 5.34. The first-order valence-corrected chi connectivity index (χ1v) is 19.6. The Balaban J connectivity index is 0.941. The van der Waals surface area contributed by atoms with Crippen LogP contribution in [-0.4, -0.2) is 4.98 Å². The van der Waals surface area contributed by atoms with E-state index in [2.05, 4.69) is 194 Å². The summed E-state index contributed by atoms with van der Waals surface area (Å²) in [5.74, 6) is 0. The molecule has 0 bridgehead atoms. The molecule has 0 N–H and O–H groups in total. The Labute approximate surface area is 323 Å². The van der Waals surface area contributed by atoms with Crippen LogP contribution in [0.5, 0.6) is 0 Å². The maximum atomic E-state index is 5.13. The molecule has 2 aromatic heterocycles. The molecule has 1 nitrogen and oxygen atoms in total. The summed E-state index contributed by atoms with van der Waals surface area (Å²) in [4.78, 5) is 5.13. The Kier molecular flexibility index (Phi) is 7.43. The van der Waals surface area contributed by atoms with Crippen LogP contribution >= 0.6 is 11.3 Å². The largest absolute Gasteiger partial charge is 0.256 e. The van der Waals surface area contributed by atoms with Crippen molar-refractivity contribution in [3.8, 4) is 55.8 Å². The predicted molar refractivity (Wildman–Crippen MR) is 237 cm³/mol. The molecule has 0 spiro atoms. The zero-order valence-corrected chi connectivity index (χ0v) is 30.7. The highest BCUT2D eigenvalue weighted by molar-refractivity contribution is 7.26. The van der Waals surface area contributed by atoms with Gasteiger partial charge in [0.1, 0.15) is 0 Å². The van der Waals surface area contributed by atoms with Crippen LogP contribution in [-0.2, 0) is 0 Å². The Hall–Kier alpha value is -6.87. The van der Waals surface area contributed by atoms with E-state index in [1.54, 1.807) is 0 Å². The van der Waals surface area contributed by atoms with Crippen molar-refractivity contribution in [3.63, 3.8) is 0 Å². The molecule has 0 saturated heterocycles. The van der Waals surface area contributed by atoms with Gasteiger partial charge in [-0.05, 0) is 89.5 Å². The topological polar surface area (TPSA) is 12.9 Å². The van der Waals surface area contributed by atoms with Gasteiger partial charge in [-0.2, -0.15) is 0 Å². The van der Waals surface area contributed by atoms with Gasteiger partial charge in [0.25, 0.3) is 0 Å². The van der Waals surface area contributed by atoms with Crippen LogP contribution in [0.15, 0.2) is 200 Å². The fraction of sp³-hybridized carbons (Fsp3) is 0. The van der Waals surface area contributed by atoms with Crippen molar-refractivity contribution in [2.24, 2.45) is 0 Å². The van der Waals surface area contributed by atoms with Crippen molar-refractivity contribution in [2.45, 2.75) is 0 Å². The highest BCUT2D eigenvalue weighted by Crippen LogP contribution is 2.44. The molecule has 2 heterocycles. The van der Waals surface area contributed by atoms with Crippen molar-refractivity contribution in [2.75, 3.05) is 0 Å². The summed E-state index contributed by atoms with van der Waals surface area (Å²) in [6, 6.07) is 70.5. The summed E-state index contributed by atoms with van der Waals surface area (Å²) in [7, 11) is 0. The van der Waals surface area contributed by atoms with Gasteiger partial charge in [0.15, 0.2) is 0 Å². The molecule has 0 aliphatic rings. The van der Waals surface area contributed by atoms with Crippen LogP contribution < -0.4 is 0 Å². The molecule has 11 rings (SSSR count). The smallest absolute Gasteiger partial charge is 0.0714 e. The molecule has 0 fully saturated rings. The molecule has 0 saturated carbocycles. The lowest BCUT2D eigenvalue weighted by Crippen LogP contribution is -1.92. The summed E-state index contributed by atoms with van der Waals surface area (Å²) < 4.78 is 2.69. The Morgan fingerprint density at radius 2 is 0.818 bits per heavy atom. The van der Waals surface area contributed by atoms with Gasteiger partial charge in [-0.15, -0.1) is 11.3 Å². The van der Waals surface area contributed by atoms with Gasteiger partial charge in [0.2, 0.25) is 0 Å². The molecule has 0 aliphatic carbocycles. The summed E-state index contributed by atoms with van der Waals surface area (Å²) in [6.07, 6.45) is 2.03. The monoisotopic (exact) mass is 715 g/mol. The first-order valence-electron chi connectivity index (χ1n) is 18.8. The second-order valence-electron chi connectivity index (χ2n) is 14.3. The van der Waals surface area contributed by atoms with Gasteiger partial charge in [0.05, 0.1) is 5.69 Å². The van der Waals surface area contributed by atoms with Gasteiger partial charge in [-0.1, -0.05) is 176 Å². The van der Waals surface area contributed by atoms with Crippen molar-refractivity contribution in [1.82, 2.24) is 4.98 Å². The SMILES string of the molecule is c1ccc(-c2ccc(-c3c4ccccc4c(-c4ccc(-c5ccc(-c6ccc7sc8c9ccccc9ccc8c7c6)cc5)cn4)c4ccccc34)cc2)cc1. The number of thiophene rings is 1. The molecular weight excluding hydrogens is 683 g/mol. The lowest BCUT2D eigenvalue weighted by Gasteiger charge is -2.17. The van der Waals surface area contributed by atoms with Gasteiger partial charge in [0, 0.05) is 37.5 Å². The molecule has 2 heteroatoms. The highest BCUT2D eigenvalue weighted by atomic mass is 32.1. The van der Waals surface area contributed by atoms with Crippen molar-refractivity contribution < 1.29 is 0 Å². The maximum absolute atomic E-state index is 5.13. The molecule has 256 valence electrons. The van der Waals surface area contributed by atoms with E-state index in [-0.39, 0.29) is 0 Å². The van der Waals surface area contributed by atoms with Crippen LogP contribution in [0.2, 0.25) is 0 Å². The van der Waals surface area contributed by atoms with E-state index in [0.29, 0.717) is 0 Å². The zero-order chi connectivity index (χ0) is 36.3. The molecule has 55 heavy (non-hydrogen) atoms. The molecular formula is C53H33NS. The number of benzene rings is 9. The third-order valence-electron chi connectivity index (χ3n) is 11.1. The number of hydrogen-bond donors (Lipinski definition) is 0. The van der Waals surface area contributed by atoms with Crippen molar-refractivity contribution in [3.05, 3.63) is 200 Å². The van der Waals surface area contributed by atoms with Gasteiger partial charge in [-0.3, -0.25) is 4.98 Å². The number of fused-ring (bicyclic) bond motifs is 7. The number of hydrogen-bond acceptors (Lipinski definition) is 2. The minimum atomic E-state index is 0.975. The fourth-order valence-electron chi connectivity index (χ4n) is 8.43. The lowest BCUT2D eigenvalue weighted by molar-refractivity contribution is 1.34. The van der Waals surface area contributed by atoms with E-state index in [1.807, 2.05) is 17.5 Å².